The summed E-state index contributed by atoms with van der Waals surface area (Å²) in [6.07, 6.45) is 3.98. The molecule has 0 atom stereocenters. The fourth-order valence-electron chi connectivity index (χ4n) is 2.85. The van der Waals surface area contributed by atoms with Gasteiger partial charge in [-0.25, -0.2) is 4.39 Å². The van der Waals surface area contributed by atoms with Gasteiger partial charge in [-0.05, 0) is 49.2 Å². The third kappa shape index (κ3) is 4.69. The molecule has 0 amide bonds. The largest absolute Gasteiger partial charge is 0.489 e. The number of piperidine rings is 1. The van der Waals surface area contributed by atoms with E-state index in [0.717, 1.165) is 12.1 Å². The summed E-state index contributed by atoms with van der Waals surface area (Å²) in [6.45, 7) is 3.84. The van der Waals surface area contributed by atoms with E-state index in [9.17, 15) is 4.39 Å². The van der Waals surface area contributed by atoms with Crippen LogP contribution in [0.1, 0.15) is 30.4 Å². The predicted octanol–water partition coefficient (Wildman–Crippen LogP) is 5.04. The molecule has 2 nitrogen and oxygen atoms in total. The summed E-state index contributed by atoms with van der Waals surface area (Å²) < 4.78 is 19.0. The van der Waals surface area contributed by atoms with Crippen molar-refractivity contribution in [2.45, 2.75) is 32.4 Å². The molecule has 2 aromatic rings. The molecule has 0 bridgehead atoms. The molecule has 0 aliphatic carbocycles. The first kappa shape index (κ1) is 16.3. The van der Waals surface area contributed by atoms with Crippen molar-refractivity contribution in [1.82, 2.24) is 4.90 Å². The van der Waals surface area contributed by atoms with Crippen LogP contribution in [0, 0.1) is 5.82 Å². The standard InChI is InChI=1S/C19H21ClFNO/c20-18-9-8-17(12-19(18)21)23-14-16-6-4-15(5-7-16)13-22-10-2-1-3-11-22/h4-9,12H,1-3,10-11,13-14H2. The predicted molar refractivity (Wildman–Crippen MR) is 91.3 cm³/mol. The van der Waals surface area contributed by atoms with E-state index >= 15 is 0 Å². The van der Waals surface area contributed by atoms with Gasteiger partial charge in [-0.3, -0.25) is 4.90 Å². The van der Waals surface area contributed by atoms with Crippen LogP contribution in [0.15, 0.2) is 42.5 Å². The van der Waals surface area contributed by atoms with Gasteiger partial charge in [0.15, 0.2) is 0 Å². The first-order valence-electron chi connectivity index (χ1n) is 8.09. The highest BCUT2D eigenvalue weighted by Gasteiger charge is 2.10. The summed E-state index contributed by atoms with van der Waals surface area (Å²) in [5.41, 5.74) is 2.40. The summed E-state index contributed by atoms with van der Waals surface area (Å²) in [5.74, 6) is 0.0327. The van der Waals surface area contributed by atoms with Crippen LogP contribution >= 0.6 is 11.6 Å². The van der Waals surface area contributed by atoms with E-state index in [1.54, 1.807) is 6.07 Å². The van der Waals surface area contributed by atoms with Gasteiger partial charge >= 0.3 is 0 Å². The quantitative estimate of drug-likeness (QED) is 0.759. The fourth-order valence-corrected chi connectivity index (χ4v) is 2.97. The van der Waals surface area contributed by atoms with Gasteiger partial charge in [0.1, 0.15) is 18.2 Å². The molecule has 0 spiro atoms. The van der Waals surface area contributed by atoms with Crippen molar-refractivity contribution in [1.29, 1.82) is 0 Å². The van der Waals surface area contributed by atoms with Crippen molar-refractivity contribution >= 4 is 11.6 Å². The Kier molecular flexibility index (Phi) is 5.52. The fraction of sp³-hybridized carbons (Fsp3) is 0.368. The number of nitrogens with zero attached hydrogens (tertiary/aromatic N) is 1. The van der Waals surface area contributed by atoms with Crippen molar-refractivity contribution in [3.63, 3.8) is 0 Å². The summed E-state index contributed by atoms with van der Waals surface area (Å²) in [7, 11) is 0. The Morgan fingerprint density at radius 3 is 2.35 bits per heavy atom. The summed E-state index contributed by atoms with van der Waals surface area (Å²) in [5, 5.41) is 0.111. The Morgan fingerprint density at radius 2 is 1.65 bits per heavy atom. The van der Waals surface area contributed by atoms with Crippen LogP contribution < -0.4 is 4.74 Å². The first-order chi connectivity index (χ1) is 11.2. The molecule has 1 aliphatic heterocycles. The van der Waals surface area contributed by atoms with Crippen LogP contribution in [-0.2, 0) is 13.2 Å². The number of hydrogen-bond donors (Lipinski definition) is 0. The third-order valence-corrected chi connectivity index (χ3v) is 4.48. The Bertz CT molecular complexity index is 638. The van der Waals surface area contributed by atoms with Gasteiger partial charge in [0.25, 0.3) is 0 Å². The van der Waals surface area contributed by atoms with E-state index in [2.05, 4.69) is 29.2 Å². The molecule has 122 valence electrons. The zero-order chi connectivity index (χ0) is 16.1. The lowest BCUT2D eigenvalue weighted by Gasteiger charge is -2.26. The van der Waals surface area contributed by atoms with Gasteiger partial charge in [0.2, 0.25) is 0 Å². The summed E-state index contributed by atoms with van der Waals surface area (Å²) in [6, 6.07) is 12.9. The Hall–Kier alpha value is -1.58. The Balaban J connectivity index is 1.53. The molecule has 4 heteroatoms. The maximum Gasteiger partial charge on any atom is 0.145 e. The smallest absolute Gasteiger partial charge is 0.145 e. The number of rotatable bonds is 5. The number of likely N-dealkylation sites (tertiary alicyclic amines) is 1. The first-order valence-corrected chi connectivity index (χ1v) is 8.46. The van der Waals surface area contributed by atoms with Crippen molar-refractivity contribution in [2.24, 2.45) is 0 Å². The van der Waals surface area contributed by atoms with Gasteiger partial charge in [-0.1, -0.05) is 42.3 Å². The third-order valence-electron chi connectivity index (χ3n) is 4.17. The molecular weight excluding hydrogens is 313 g/mol. The van der Waals surface area contributed by atoms with Crippen molar-refractivity contribution in [3.8, 4) is 5.75 Å². The van der Waals surface area contributed by atoms with Gasteiger partial charge in [0.05, 0.1) is 5.02 Å². The average molecular weight is 334 g/mol. The molecule has 1 aliphatic rings. The molecular formula is C19H21ClFNO. The van der Waals surface area contributed by atoms with Crippen LogP contribution in [0.3, 0.4) is 0 Å². The number of benzene rings is 2. The highest BCUT2D eigenvalue weighted by atomic mass is 35.5. The minimum Gasteiger partial charge on any atom is -0.489 e. The molecule has 0 unspecified atom stereocenters. The molecule has 1 heterocycles. The van der Waals surface area contributed by atoms with Crippen LogP contribution in [0.25, 0.3) is 0 Å². The van der Waals surface area contributed by atoms with Gasteiger partial charge in [-0.2, -0.15) is 0 Å². The molecule has 2 aromatic carbocycles. The zero-order valence-corrected chi connectivity index (χ0v) is 13.9. The lowest BCUT2D eigenvalue weighted by Crippen LogP contribution is -2.29. The van der Waals surface area contributed by atoms with E-state index < -0.39 is 5.82 Å². The molecule has 0 N–H and O–H groups in total. The van der Waals surface area contributed by atoms with Gasteiger partial charge in [-0.15, -0.1) is 0 Å². The minimum atomic E-state index is -0.457. The normalized spacial score (nSPS) is 15.6. The second-order valence-electron chi connectivity index (χ2n) is 6.02. The molecule has 3 rings (SSSR count). The van der Waals surface area contributed by atoms with E-state index in [4.69, 9.17) is 16.3 Å². The van der Waals surface area contributed by atoms with Crippen LogP contribution in [0.4, 0.5) is 4.39 Å². The average Bonchev–Trinajstić information content (AvgIpc) is 2.58. The number of hydrogen-bond acceptors (Lipinski definition) is 2. The van der Waals surface area contributed by atoms with Crippen molar-refractivity contribution < 1.29 is 9.13 Å². The van der Waals surface area contributed by atoms with E-state index in [-0.39, 0.29) is 5.02 Å². The second kappa shape index (κ2) is 7.80. The van der Waals surface area contributed by atoms with E-state index in [1.165, 1.54) is 50.0 Å². The van der Waals surface area contributed by atoms with Gasteiger partial charge in [0, 0.05) is 12.6 Å². The van der Waals surface area contributed by atoms with E-state index in [0.29, 0.717) is 12.4 Å². The minimum absolute atomic E-state index is 0.111. The topological polar surface area (TPSA) is 12.5 Å². The summed E-state index contributed by atoms with van der Waals surface area (Å²) in [4.78, 5) is 2.51. The lowest BCUT2D eigenvalue weighted by atomic mass is 10.1. The molecule has 1 saturated heterocycles. The van der Waals surface area contributed by atoms with Gasteiger partial charge < -0.3 is 4.74 Å². The summed E-state index contributed by atoms with van der Waals surface area (Å²) >= 11 is 5.66. The second-order valence-corrected chi connectivity index (χ2v) is 6.43. The van der Waals surface area contributed by atoms with Crippen LogP contribution in [0.2, 0.25) is 5.02 Å². The van der Waals surface area contributed by atoms with Crippen LogP contribution in [-0.4, -0.2) is 18.0 Å². The number of ether oxygens (including phenoxy) is 1. The van der Waals surface area contributed by atoms with Crippen molar-refractivity contribution in [2.75, 3.05) is 13.1 Å². The molecule has 0 aromatic heterocycles. The SMILES string of the molecule is Fc1cc(OCc2ccc(CN3CCCCC3)cc2)ccc1Cl. The zero-order valence-electron chi connectivity index (χ0n) is 13.1. The molecule has 23 heavy (non-hydrogen) atoms. The number of halogens is 2. The van der Waals surface area contributed by atoms with Crippen molar-refractivity contribution in [3.05, 3.63) is 64.4 Å². The highest BCUT2D eigenvalue weighted by Crippen LogP contribution is 2.21. The van der Waals surface area contributed by atoms with E-state index in [1.807, 2.05) is 0 Å². The molecule has 1 fully saturated rings. The monoisotopic (exact) mass is 333 g/mol. The lowest BCUT2D eigenvalue weighted by molar-refractivity contribution is 0.221. The maximum absolute atomic E-state index is 13.4. The molecule has 0 saturated carbocycles. The Labute approximate surface area is 141 Å². The van der Waals surface area contributed by atoms with Crippen LogP contribution in [0.5, 0.6) is 5.75 Å². The maximum atomic E-state index is 13.4. The highest BCUT2D eigenvalue weighted by molar-refractivity contribution is 6.30. The molecule has 0 radical (unpaired) electrons. The Morgan fingerprint density at radius 1 is 0.957 bits per heavy atom.